The summed E-state index contributed by atoms with van der Waals surface area (Å²) in [6, 6.07) is -0.168. The van der Waals surface area contributed by atoms with E-state index in [-0.39, 0.29) is 25.0 Å². The first-order valence-corrected chi connectivity index (χ1v) is 7.68. The van der Waals surface area contributed by atoms with Crippen LogP contribution in [0.2, 0.25) is 0 Å². The molecule has 0 aromatic heterocycles. The van der Waals surface area contributed by atoms with Crippen LogP contribution in [0.15, 0.2) is 0 Å². The maximum atomic E-state index is 11.9. The minimum absolute atomic E-state index is 0.0331. The number of aliphatic hydroxyl groups is 1. The zero-order valence-corrected chi connectivity index (χ0v) is 13.5. The van der Waals surface area contributed by atoms with Crippen LogP contribution >= 0.6 is 0 Å². The number of carbonyl (C=O) groups excluding carboxylic acids is 1. The molecular formula is C15H30N2O4. The Morgan fingerprint density at radius 1 is 1.19 bits per heavy atom. The first-order chi connectivity index (χ1) is 9.86. The van der Waals surface area contributed by atoms with E-state index in [4.69, 9.17) is 10.2 Å². The highest BCUT2D eigenvalue weighted by Gasteiger charge is 2.17. The van der Waals surface area contributed by atoms with E-state index in [2.05, 4.69) is 5.32 Å². The third-order valence-corrected chi connectivity index (χ3v) is 3.31. The standard InChI is InChI=1S/C15H30N2O4/c1-12(2)9-13(10-14(19)20)11-16-15(21)17(3)7-5-4-6-8-18/h12-13,18H,4-11H2,1-3H3,(H,16,21)(H,19,20). The number of unbranched alkanes of at least 4 members (excludes halogenated alkanes) is 2. The van der Waals surface area contributed by atoms with Gasteiger partial charge in [0.1, 0.15) is 0 Å². The number of carboxylic acids is 1. The smallest absolute Gasteiger partial charge is 0.317 e. The van der Waals surface area contributed by atoms with E-state index in [9.17, 15) is 9.59 Å². The molecule has 0 saturated heterocycles. The van der Waals surface area contributed by atoms with Gasteiger partial charge in [0.25, 0.3) is 0 Å². The highest BCUT2D eigenvalue weighted by atomic mass is 16.4. The Hall–Kier alpha value is -1.30. The number of aliphatic carboxylic acids is 1. The molecule has 3 N–H and O–H groups in total. The van der Waals surface area contributed by atoms with Crippen LogP contribution in [0.3, 0.4) is 0 Å². The molecule has 0 fully saturated rings. The molecule has 0 aliphatic heterocycles. The second kappa shape index (κ2) is 11.4. The van der Waals surface area contributed by atoms with Crippen LogP contribution in [0.4, 0.5) is 4.79 Å². The van der Waals surface area contributed by atoms with Crippen LogP contribution in [0.5, 0.6) is 0 Å². The second-order valence-corrected chi connectivity index (χ2v) is 5.99. The Balaban J connectivity index is 4.06. The van der Waals surface area contributed by atoms with E-state index >= 15 is 0 Å². The molecule has 0 aliphatic rings. The SMILES string of the molecule is CC(C)CC(CNC(=O)N(C)CCCCCO)CC(=O)O. The second-order valence-electron chi connectivity index (χ2n) is 5.99. The molecule has 0 aliphatic carbocycles. The van der Waals surface area contributed by atoms with Gasteiger partial charge in [-0.2, -0.15) is 0 Å². The van der Waals surface area contributed by atoms with Crippen LogP contribution < -0.4 is 5.32 Å². The molecule has 21 heavy (non-hydrogen) atoms. The van der Waals surface area contributed by atoms with Crippen molar-refractivity contribution in [1.29, 1.82) is 0 Å². The minimum Gasteiger partial charge on any atom is -0.481 e. The average molecular weight is 302 g/mol. The van der Waals surface area contributed by atoms with Crippen molar-refractivity contribution in [3.05, 3.63) is 0 Å². The molecule has 124 valence electrons. The van der Waals surface area contributed by atoms with Crippen molar-refractivity contribution in [2.45, 2.75) is 46.0 Å². The Morgan fingerprint density at radius 3 is 2.38 bits per heavy atom. The predicted octanol–water partition coefficient (Wildman–Crippen LogP) is 1.93. The Labute approximate surface area is 127 Å². The normalized spacial score (nSPS) is 12.2. The molecule has 1 unspecified atom stereocenters. The number of carboxylic acid groups (broad SMARTS) is 1. The average Bonchev–Trinajstić information content (AvgIpc) is 2.39. The molecule has 0 radical (unpaired) electrons. The number of nitrogens with one attached hydrogen (secondary N) is 1. The van der Waals surface area contributed by atoms with Gasteiger partial charge in [-0.05, 0) is 37.5 Å². The molecular weight excluding hydrogens is 272 g/mol. The number of hydrogen-bond donors (Lipinski definition) is 3. The maximum Gasteiger partial charge on any atom is 0.317 e. The molecule has 0 aromatic rings. The summed E-state index contributed by atoms with van der Waals surface area (Å²) in [6.07, 6.45) is 3.37. The van der Waals surface area contributed by atoms with Gasteiger partial charge in [0.2, 0.25) is 0 Å². The lowest BCUT2D eigenvalue weighted by Gasteiger charge is -2.21. The minimum atomic E-state index is -0.827. The first kappa shape index (κ1) is 19.7. The number of rotatable bonds is 11. The molecule has 0 bridgehead atoms. The van der Waals surface area contributed by atoms with E-state index < -0.39 is 5.97 Å². The summed E-state index contributed by atoms with van der Waals surface area (Å²) in [5.74, 6) is -0.455. The number of hydrogen-bond acceptors (Lipinski definition) is 3. The number of urea groups is 1. The summed E-state index contributed by atoms with van der Waals surface area (Å²) in [4.78, 5) is 24.3. The zero-order valence-electron chi connectivity index (χ0n) is 13.5. The number of aliphatic hydroxyl groups excluding tert-OH is 1. The van der Waals surface area contributed by atoms with Crippen molar-refractivity contribution >= 4 is 12.0 Å². The summed E-state index contributed by atoms with van der Waals surface area (Å²) in [7, 11) is 1.73. The third kappa shape index (κ3) is 11.1. The number of amides is 2. The van der Waals surface area contributed by atoms with Crippen molar-refractivity contribution in [2.24, 2.45) is 11.8 Å². The molecule has 6 heteroatoms. The molecule has 6 nitrogen and oxygen atoms in total. The molecule has 0 aromatic carbocycles. The van der Waals surface area contributed by atoms with Crippen molar-refractivity contribution in [3.63, 3.8) is 0 Å². The molecule has 0 saturated carbocycles. The Morgan fingerprint density at radius 2 is 1.86 bits per heavy atom. The van der Waals surface area contributed by atoms with Crippen molar-refractivity contribution < 1.29 is 19.8 Å². The first-order valence-electron chi connectivity index (χ1n) is 7.68. The lowest BCUT2D eigenvalue weighted by Crippen LogP contribution is -2.40. The number of carbonyl (C=O) groups is 2. The molecule has 0 spiro atoms. The lowest BCUT2D eigenvalue weighted by molar-refractivity contribution is -0.138. The Kier molecular flexibility index (Phi) is 10.7. The fourth-order valence-electron chi connectivity index (χ4n) is 2.26. The van der Waals surface area contributed by atoms with Gasteiger partial charge < -0.3 is 20.4 Å². The maximum absolute atomic E-state index is 11.9. The van der Waals surface area contributed by atoms with E-state index in [1.807, 2.05) is 13.8 Å². The van der Waals surface area contributed by atoms with Crippen LogP contribution in [-0.2, 0) is 4.79 Å². The highest BCUT2D eigenvalue weighted by molar-refractivity contribution is 5.74. The highest BCUT2D eigenvalue weighted by Crippen LogP contribution is 2.14. The quantitative estimate of drug-likeness (QED) is 0.509. The Bertz CT molecular complexity index is 308. The third-order valence-electron chi connectivity index (χ3n) is 3.31. The van der Waals surface area contributed by atoms with Gasteiger partial charge in [0.15, 0.2) is 0 Å². The monoisotopic (exact) mass is 302 g/mol. The van der Waals surface area contributed by atoms with E-state index in [1.165, 1.54) is 0 Å². The molecule has 0 rings (SSSR count). The number of nitrogens with zero attached hydrogens (tertiary/aromatic N) is 1. The van der Waals surface area contributed by atoms with Crippen molar-refractivity contribution in [3.8, 4) is 0 Å². The van der Waals surface area contributed by atoms with Gasteiger partial charge in [0, 0.05) is 33.2 Å². The predicted molar refractivity (Wildman–Crippen MR) is 82.2 cm³/mol. The molecule has 2 amide bonds. The van der Waals surface area contributed by atoms with Crippen LogP contribution in [0.25, 0.3) is 0 Å². The summed E-state index contributed by atoms with van der Waals surface area (Å²) < 4.78 is 0. The van der Waals surface area contributed by atoms with Crippen LogP contribution in [0, 0.1) is 11.8 Å². The van der Waals surface area contributed by atoms with Gasteiger partial charge in [-0.1, -0.05) is 13.8 Å². The van der Waals surface area contributed by atoms with Gasteiger partial charge in [-0.15, -0.1) is 0 Å². The molecule has 0 heterocycles. The molecule has 1 atom stereocenters. The van der Waals surface area contributed by atoms with Crippen LogP contribution in [0.1, 0.15) is 46.0 Å². The summed E-state index contributed by atoms with van der Waals surface area (Å²) in [5, 5.41) is 20.4. The van der Waals surface area contributed by atoms with Crippen molar-refractivity contribution in [2.75, 3.05) is 26.7 Å². The van der Waals surface area contributed by atoms with Gasteiger partial charge in [-0.25, -0.2) is 4.79 Å². The van der Waals surface area contributed by atoms with Gasteiger partial charge in [-0.3, -0.25) is 4.79 Å². The van der Waals surface area contributed by atoms with Gasteiger partial charge >= 0.3 is 12.0 Å². The van der Waals surface area contributed by atoms with E-state index in [0.29, 0.717) is 19.0 Å². The topological polar surface area (TPSA) is 89.9 Å². The summed E-state index contributed by atoms with van der Waals surface area (Å²) in [6.45, 7) is 5.31. The van der Waals surface area contributed by atoms with Crippen LogP contribution in [-0.4, -0.2) is 53.9 Å². The zero-order chi connectivity index (χ0) is 16.3. The fraction of sp³-hybridized carbons (Fsp3) is 0.867. The lowest BCUT2D eigenvalue weighted by atomic mass is 9.94. The van der Waals surface area contributed by atoms with E-state index in [1.54, 1.807) is 11.9 Å². The summed E-state index contributed by atoms with van der Waals surface area (Å²) >= 11 is 0. The van der Waals surface area contributed by atoms with Crippen molar-refractivity contribution in [1.82, 2.24) is 10.2 Å². The van der Waals surface area contributed by atoms with Gasteiger partial charge in [0.05, 0.1) is 0 Å². The summed E-state index contributed by atoms with van der Waals surface area (Å²) in [5.41, 5.74) is 0. The van der Waals surface area contributed by atoms with E-state index in [0.717, 1.165) is 25.7 Å². The largest absolute Gasteiger partial charge is 0.481 e. The fourth-order valence-corrected chi connectivity index (χ4v) is 2.26.